The Labute approximate surface area is 213 Å². The predicted molar refractivity (Wildman–Crippen MR) is 139 cm³/mol. The van der Waals surface area contributed by atoms with Crippen molar-refractivity contribution in [2.45, 2.75) is 52.3 Å². The van der Waals surface area contributed by atoms with Gasteiger partial charge >= 0.3 is 0 Å². The second-order valence-electron chi connectivity index (χ2n) is 9.66. The largest absolute Gasteiger partial charge is 0.491 e. The SMILES string of the molecule is CCCC(=O)Nc1ccc2c(c1)C(=O)N(C)C[C@@H](OC)[C@@H](C)CN(Cc1ccc(F)cc1)[C@H](C)CO2. The van der Waals surface area contributed by atoms with Crippen LogP contribution in [0.5, 0.6) is 5.75 Å². The van der Waals surface area contributed by atoms with Crippen LogP contribution >= 0.6 is 0 Å². The van der Waals surface area contributed by atoms with E-state index >= 15 is 0 Å². The number of hydrogen-bond donors (Lipinski definition) is 1. The van der Waals surface area contributed by atoms with Crippen molar-refractivity contribution in [3.05, 3.63) is 59.4 Å². The number of ether oxygens (including phenoxy) is 2. The molecule has 0 radical (unpaired) electrons. The van der Waals surface area contributed by atoms with Crippen LogP contribution in [0.2, 0.25) is 0 Å². The fraction of sp³-hybridized carbons (Fsp3) is 0.500. The first kappa shape index (κ1) is 27.6. The molecule has 0 aromatic heterocycles. The van der Waals surface area contributed by atoms with Gasteiger partial charge in [-0.3, -0.25) is 14.5 Å². The van der Waals surface area contributed by atoms with Gasteiger partial charge in [-0.15, -0.1) is 0 Å². The average Bonchev–Trinajstić information content (AvgIpc) is 2.86. The van der Waals surface area contributed by atoms with E-state index in [1.165, 1.54) is 12.1 Å². The number of nitrogens with one attached hydrogen (secondary N) is 1. The average molecular weight is 500 g/mol. The molecular formula is C28H38FN3O4. The minimum absolute atomic E-state index is 0.0130. The van der Waals surface area contributed by atoms with Crippen molar-refractivity contribution < 1.29 is 23.5 Å². The number of hydrogen-bond acceptors (Lipinski definition) is 5. The number of halogens is 1. The first-order valence-corrected chi connectivity index (χ1v) is 12.5. The van der Waals surface area contributed by atoms with Crippen molar-refractivity contribution in [3.63, 3.8) is 0 Å². The highest BCUT2D eigenvalue weighted by molar-refractivity contribution is 5.99. The fourth-order valence-corrected chi connectivity index (χ4v) is 4.42. The topological polar surface area (TPSA) is 71.1 Å². The first-order valence-electron chi connectivity index (χ1n) is 12.5. The Morgan fingerprint density at radius 2 is 1.89 bits per heavy atom. The molecule has 7 nitrogen and oxygen atoms in total. The zero-order chi connectivity index (χ0) is 26.2. The van der Waals surface area contributed by atoms with Gasteiger partial charge in [0.05, 0.1) is 11.7 Å². The standard InChI is InChI=1S/C28H38FN3O4/c1-6-7-27(33)30-23-12-13-25-24(14-23)28(34)31(4)17-26(35-5)19(2)15-32(20(3)18-36-25)16-21-8-10-22(29)11-9-21/h8-14,19-20,26H,6-7,15-18H2,1-5H3,(H,30,33)/t19-,20+,26+/m0/s1. The Bertz CT molecular complexity index is 1030. The summed E-state index contributed by atoms with van der Waals surface area (Å²) in [6.07, 6.45) is 0.971. The van der Waals surface area contributed by atoms with Crippen molar-refractivity contribution in [1.82, 2.24) is 9.80 Å². The first-order chi connectivity index (χ1) is 17.2. The number of methoxy groups -OCH3 is 1. The molecule has 0 saturated heterocycles. The number of likely N-dealkylation sites (N-methyl/N-ethyl adjacent to an activating group) is 1. The summed E-state index contributed by atoms with van der Waals surface area (Å²) in [5, 5.41) is 2.86. The molecule has 0 bridgehead atoms. The molecule has 36 heavy (non-hydrogen) atoms. The number of carbonyl (C=O) groups is 2. The lowest BCUT2D eigenvalue weighted by atomic mass is 10.0. The van der Waals surface area contributed by atoms with Crippen LogP contribution in [0.4, 0.5) is 10.1 Å². The zero-order valence-corrected chi connectivity index (χ0v) is 21.9. The van der Waals surface area contributed by atoms with Gasteiger partial charge in [-0.05, 0) is 55.2 Å². The molecule has 3 atom stereocenters. The molecule has 3 rings (SSSR count). The molecule has 0 aliphatic carbocycles. The van der Waals surface area contributed by atoms with Gasteiger partial charge in [-0.1, -0.05) is 26.0 Å². The van der Waals surface area contributed by atoms with E-state index in [-0.39, 0.29) is 35.7 Å². The maximum atomic E-state index is 13.4. The van der Waals surface area contributed by atoms with Crippen molar-refractivity contribution >= 4 is 17.5 Å². The number of amides is 2. The van der Waals surface area contributed by atoms with Crippen molar-refractivity contribution in [2.24, 2.45) is 5.92 Å². The second kappa shape index (κ2) is 12.8. The maximum Gasteiger partial charge on any atom is 0.257 e. The molecule has 0 spiro atoms. The lowest BCUT2D eigenvalue weighted by Gasteiger charge is -2.36. The van der Waals surface area contributed by atoms with Crippen LogP contribution < -0.4 is 10.1 Å². The Balaban J connectivity index is 1.91. The Morgan fingerprint density at radius 1 is 1.17 bits per heavy atom. The molecule has 0 unspecified atom stereocenters. The molecule has 0 fully saturated rings. The van der Waals surface area contributed by atoms with Gasteiger partial charge in [0.1, 0.15) is 18.2 Å². The van der Waals surface area contributed by atoms with E-state index in [9.17, 15) is 14.0 Å². The Morgan fingerprint density at radius 3 is 2.56 bits per heavy atom. The van der Waals surface area contributed by atoms with E-state index in [2.05, 4.69) is 24.1 Å². The van der Waals surface area contributed by atoms with E-state index in [0.717, 1.165) is 18.5 Å². The van der Waals surface area contributed by atoms with Crippen molar-refractivity contribution in [1.29, 1.82) is 0 Å². The van der Waals surface area contributed by atoms with Gasteiger partial charge in [0.2, 0.25) is 5.91 Å². The predicted octanol–water partition coefficient (Wildman–Crippen LogP) is 4.57. The van der Waals surface area contributed by atoms with E-state index in [1.807, 2.05) is 6.92 Å². The molecule has 2 aromatic carbocycles. The monoisotopic (exact) mass is 499 g/mol. The van der Waals surface area contributed by atoms with Gasteiger partial charge in [0, 0.05) is 51.9 Å². The van der Waals surface area contributed by atoms with E-state index in [1.54, 1.807) is 49.4 Å². The van der Waals surface area contributed by atoms with Gasteiger partial charge < -0.3 is 19.7 Å². The smallest absolute Gasteiger partial charge is 0.257 e. The van der Waals surface area contributed by atoms with Crippen LogP contribution in [0.1, 0.15) is 49.5 Å². The van der Waals surface area contributed by atoms with Gasteiger partial charge in [-0.25, -0.2) is 4.39 Å². The number of anilines is 1. The molecule has 1 aliphatic rings. The Hall–Kier alpha value is -2.97. The number of fused-ring (bicyclic) bond motifs is 1. The number of benzene rings is 2. The molecule has 196 valence electrons. The third-order valence-corrected chi connectivity index (χ3v) is 6.63. The van der Waals surface area contributed by atoms with E-state index in [0.29, 0.717) is 43.1 Å². The molecule has 0 saturated carbocycles. The van der Waals surface area contributed by atoms with Crippen LogP contribution in [0, 0.1) is 11.7 Å². The summed E-state index contributed by atoms with van der Waals surface area (Å²) < 4.78 is 25.4. The summed E-state index contributed by atoms with van der Waals surface area (Å²) in [6, 6.07) is 11.7. The van der Waals surface area contributed by atoms with Crippen LogP contribution in [0.15, 0.2) is 42.5 Å². The fourth-order valence-electron chi connectivity index (χ4n) is 4.42. The lowest BCUT2D eigenvalue weighted by molar-refractivity contribution is -0.116. The van der Waals surface area contributed by atoms with Crippen LogP contribution in [0.3, 0.4) is 0 Å². The van der Waals surface area contributed by atoms with Crippen molar-refractivity contribution in [2.75, 3.05) is 39.2 Å². The zero-order valence-electron chi connectivity index (χ0n) is 21.9. The normalized spacial score (nSPS) is 21.7. The summed E-state index contributed by atoms with van der Waals surface area (Å²) in [5.74, 6) is 0.0438. The highest BCUT2D eigenvalue weighted by Crippen LogP contribution is 2.27. The highest BCUT2D eigenvalue weighted by atomic mass is 19.1. The highest BCUT2D eigenvalue weighted by Gasteiger charge is 2.28. The van der Waals surface area contributed by atoms with Crippen molar-refractivity contribution in [3.8, 4) is 5.75 Å². The van der Waals surface area contributed by atoms with Crippen LogP contribution in [-0.2, 0) is 16.1 Å². The molecule has 8 heteroatoms. The third kappa shape index (κ3) is 7.27. The quantitative estimate of drug-likeness (QED) is 0.631. The molecule has 2 amide bonds. The van der Waals surface area contributed by atoms with Gasteiger partial charge in [-0.2, -0.15) is 0 Å². The maximum absolute atomic E-state index is 13.4. The minimum Gasteiger partial charge on any atom is -0.491 e. The molecule has 1 N–H and O–H groups in total. The van der Waals surface area contributed by atoms with Crippen LogP contribution in [-0.4, -0.2) is 67.6 Å². The summed E-state index contributed by atoms with van der Waals surface area (Å²) in [5.41, 5.74) is 1.97. The second-order valence-corrected chi connectivity index (χ2v) is 9.66. The summed E-state index contributed by atoms with van der Waals surface area (Å²) >= 11 is 0. The van der Waals surface area contributed by atoms with E-state index < -0.39 is 0 Å². The lowest BCUT2D eigenvalue weighted by Crippen LogP contribution is -2.46. The summed E-state index contributed by atoms with van der Waals surface area (Å²) in [7, 11) is 3.41. The van der Waals surface area contributed by atoms with Gasteiger partial charge in [0.15, 0.2) is 0 Å². The number of nitrogens with zero attached hydrogens (tertiary/aromatic N) is 2. The van der Waals surface area contributed by atoms with E-state index in [4.69, 9.17) is 9.47 Å². The summed E-state index contributed by atoms with van der Waals surface area (Å²) in [4.78, 5) is 29.5. The number of rotatable bonds is 6. The van der Waals surface area contributed by atoms with Gasteiger partial charge in [0.25, 0.3) is 5.91 Å². The summed E-state index contributed by atoms with van der Waals surface area (Å²) in [6.45, 7) is 8.25. The molecular weight excluding hydrogens is 461 g/mol. The van der Waals surface area contributed by atoms with Crippen LogP contribution in [0.25, 0.3) is 0 Å². The minimum atomic E-state index is -0.258. The molecule has 1 aliphatic heterocycles. The number of carbonyl (C=O) groups excluding carboxylic acids is 2. The third-order valence-electron chi connectivity index (χ3n) is 6.63. The molecule has 2 aromatic rings. The Kier molecular flexibility index (Phi) is 9.84. The molecule has 1 heterocycles.